The van der Waals surface area contributed by atoms with Crippen molar-refractivity contribution in [2.24, 2.45) is 0 Å². The maximum atomic E-state index is 12.1. The Balaban J connectivity index is 1.97. The fourth-order valence-electron chi connectivity index (χ4n) is 1.81. The van der Waals surface area contributed by atoms with Gasteiger partial charge < -0.3 is 5.73 Å². The van der Waals surface area contributed by atoms with Crippen molar-refractivity contribution < 1.29 is 8.42 Å². The zero-order valence-electron chi connectivity index (χ0n) is 11.3. The largest absolute Gasteiger partial charge is 0.399 e. The summed E-state index contributed by atoms with van der Waals surface area (Å²) < 4.78 is 26.7. The number of nitrogens with zero attached hydrogens (tertiary/aromatic N) is 1. The van der Waals surface area contributed by atoms with Crippen LogP contribution in [0.2, 0.25) is 0 Å². The highest BCUT2D eigenvalue weighted by Gasteiger charge is 2.12. The van der Waals surface area contributed by atoms with E-state index in [-0.39, 0.29) is 4.90 Å². The summed E-state index contributed by atoms with van der Waals surface area (Å²) in [7, 11) is -3.55. The Morgan fingerprint density at radius 1 is 1.05 bits per heavy atom. The summed E-state index contributed by atoms with van der Waals surface area (Å²) in [6.45, 7) is 0.298. The highest BCUT2D eigenvalue weighted by molar-refractivity contribution is 7.89. The molecule has 0 unspecified atom stereocenters. The van der Waals surface area contributed by atoms with E-state index in [1.165, 1.54) is 24.3 Å². The number of sulfonamides is 1. The predicted molar refractivity (Wildman–Crippen MR) is 80.9 cm³/mol. The average molecular weight is 301 g/mol. The molecule has 6 heteroatoms. The van der Waals surface area contributed by atoms with Crippen molar-refractivity contribution in [3.05, 3.63) is 59.7 Å². The fourth-order valence-corrected chi connectivity index (χ4v) is 2.84. The Morgan fingerprint density at radius 2 is 1.67 bits per heavy atom. The molecule has 0 amide bonds. The van der Waals surface area contributed by atoms with Crippen LogP contribution in [0.5, 0.6) is 0 Å². The molecule has 2 rings (SSSR count). The van der Waals surface area contributed by atoms with Gasteiger partial charge in [-0.05, 0) is 48.4 Å². The second-order valence-electron chi connectivity index (χ2n) is 4.53. The third kappa shape index (κ3) is 4.05. The molecule has 2 aromatic carbocycles. The monoisotopic (exact) mass is 301 g/mol. The van der Waals surface area contributed by atoms with Crippen molar-refractivity contribution in [3.8, 4) is 6.07 Å². The Hall–Kier alpha value is -2.36. The minimum absolute atomic E-state index is 0.152. The minimum Gasteiger partial charge on any atom is -0.399 e. The first-order valence-electron chi connectivity index (χ1n) is 6.35. The SMILES string of the molecule is N#Cc1ccc(S(=O)(=O)NCCc2ccc(N)cc2)cc1. The van der Waals surface area contributed by atoms with Crippen LogP contribution < -0.4 is 10.5 Å². The van der Waals surface area contributed by atoms with Crippen molar-refractivity contribution in [2.45, 2.75) is 11.3 Å². The maximum absolute atomic E-state index is 12.1. The number of nitriles is 1. The number of rotatable bonds is 5. The zero-order chi connectivity index (χ0) is 15.3. The Bertz CT molecular complexity index is 745. The van der Waals surface area contributed by atoms with E-state index in [4.69, 9.17) is 11.0 Å². The molecule has 0 aliphatic heterocycles. The summed E-state index contributed by atoms with van der Waals surface area (Å²) >= 11 is 0. The van der Waals surface area contributed by atoms with E-state index in [1.54, 1.807) is 12.1 Å². The van der Waals surface area contributed by atoms with Crippen LogP contribution in [0.25, 0.3) is 0 Å². The summed E-state index contributed by atoms with van der Waals surface area (Å²) in [4.78, 5) is 0.152. The molecule has 0 aliphatic carbocycles. The van der Waals surface area contributed by atoms with Crippen LogP contribution in [0, 0.1) is 11.3 Å². The van der Waals surface area contributed by atoms with Crippen LogP contribution in [0.1, 0.15) is 11.1 Å². The predicted octanol–water partition coefficient (Wildman–Crippen LogP) is 1.66. The first kappa shape index (κ1) is 15.0. The third-order valence-electron chi connectivity index (χ3n) is 2.98. The van der Waals surface area contributed by atoms with Gasteiger partial charge in [-0.1, -0.05) is 12.1 Å². The van der Waals surface area contributed by atoms with Crippen LogP contribution in [0.15, 0.2) is 53.4 Å². The first-order chi connectivity index (χ1) is 10.0. The van der Waals surface area contributed by atoms with Crippen LogP contribution in [-0.4, -0.2) is 15.0 Å². The lowest BCUT2D eigenvalue weighted by molar-refractivity contribution is 0.581. The van der Waals surface area contributed by atoms with Crippen molar-refractivity contribution in [2.75, 3.05) is 12.3 Å². The van der Waals surface area contributed by atoms with Gasteiger partial charge in [0.25, 0.3) is 0 Å². The molecular weight excluding hydrogens is 286 g/mol. The van der Waals surface area contributed by atoms with Crippen LogP contribution >= 0.6 is 0 Å². The molecule has 0 saturated carbocycles. The van der Waals surface area contributed by atoms with E-state index in [2.05, 4.69) is 4.72 Å². The van der Waals surface area contributed by atoms with Crippen molar-refractivity contribution in [3.63, 3.8) is 0 Å². The van der Waals surface area contributed by atoms with Gasteiger partial charge in [-0.25, -0.2) is 13.1 Å². The minimum atomic E-state index is -3.55. The molecule has 0 heterocycles. The molecule has 0 spiro atoms. The zero-order valence-corrected chi connectivity index (χ0v) is 12.1. The summed E-state index contributed by atoms with van der Waals surface area (Å²) in [6.07, 6.45) is 0.579. The molecule has 21 heavy (non-hydrogen) atoms. The lowest BCUT2D eigenvalue weighted by Gasteiger charge is -2.07. The van der Waals surface area contributed by atoms with Crippen LogP contribution in [0.4, 0.5) is 5.69 Å². The smallest absolute Gasteiger partial charge is 0.240 e. The lowest BCUT2D eigenvalue weighted by atomic mass is 10.1. The molecule has 5 nitrogen and oxygen atoms in total. The topological polar surface area (TPSA) is 96.0 Å². The van der Waals surface area contributed by atoms with Gasteiger partial charge in [0, 0.05) is 12.2 Å². The Labute approximate surface area is 124 Å². The first-order valence-corrected chi connectivity index (χ1v) is 7.84. The number of hydrogen-bond donors (Lipinski definition) is 2. The average Bonchev–Trinajstić information content (AvgIpc) is 2.49. The number of anilines is 1. The third-order valence-corrected chi connectivity index (χ3v) is 4.46. The number of benzene rings is 2. The molecule has 0 atom stereocenters. The van der Waals surface area contributed by atoms with Crippen molar-refractivity contribution >= 4 is 15.7 Å². The molecule has 0 radical (unpaired) electrons. The fraction of sp³-hybridized carbons (Fsp3) is 0.133. The molecule has 0 fully saturated rings. The number of hydrogen-bond acceptors (Lipinski definition) is 4. The molecule has 0 aromatic heterocycles. The van der Waals surface area contributed by atoms with Gasteiger partial charge >= 0.3 is 0 Å². The van der Waals surface area contributed by atoms with Crippen molar-refractivity contribution in [1.82, 2.24) is 4.72 Å². The van der Waals surface area contributed by atoms with E-state index in [0.717, 1.165) is 5.56 Å². The molecule has 2 aromatic rings. The second kappa shape index (κ2) is 6.39. The number of nitrogen functional groups attached to an aromatic ring is 1. The van der Waals surface area contributed by atoms with Gasteiger partial charge in [-0.3, -0.25) is 0 Å². The lowest BCUT2D eigenvalue weighted by Crippen LogP contribution is -2.26. The van der Waals surface area contributed by atoms with Gasteiger partial charge in [0.05, 0.1) is 16.5 Å². The Kier molecular flexibility index (Phi) is 4.58. The molecule has 0 aliphatic rings. The van der Waals surface area contributed by atoms with E-state index < -0.39 is 10.0 Å². The number of nitrogens with two attached hydrogens (primary N) is 1. The maximum Gasteiger partial charge on any atom is 0.240 e. The van der Waals surface area contributed by atoms with Gasteiger partial charge in [-0.15, -0.1) is 0 Å². The standard InChI is InChI=1S/C15H15N3O2S/c16-11-13-3-7-15(8-4-13)21(19,20)18-10-9-12-1-5-14(17)6-2-12/h1-8,18H,9-10,17H2. The van der Waals surface area contributed by atoms with Gasteiger partial charge in [0.1, 0.15) is 0 Å². The van der Waals surface area contributed by atoms with E-state index in [1.807, 2.05) is 18.2 Å². The normalized spacial score (nSPS) is 11.0. The van der Waals surface area contributed by atoms with Crippen molar-refractivity contribution in [1.29, 1.82) is 5.26 Å². The summed E-state index contributed by atoms with van der Waals surface area (Å²) in [6, 6.07) is 15.0. The van der Waals surface area contributed by atoms with Gasteiger partial charge in [0.15, 0.2) is 0 Å². The molecule has 108 valence electrons. The summed E-state index contributed by atoms with van der Waals surface area (Å²) in [5.74, 6) is 0. The van der Waals surface area contributed by atoms with E-state index in [0.29, 0.717) is 24.2 Å². The molecule has 0 saturated heterocycles. The second-order valence-corrected chi connectivity index (χ2v) is 6.29. The summed E-state index contributed by atoms with van der Waals surface area (Å²) in [5.41, 5.74) is 7.70. The van der Waals surface area contributed by atoms with Gasteiger partial charge in [-0.2, -0.15) is 5.26 Å². The Morgan fingerprint density at radius 3 is 2.24 bits per heavy atom. The number of nitrogens with one attached hydrogen (secondary N) is 1. The molecule has 3 N–H and O–H groups in total. The molecule has 0 bridgehead atoms. The van der Waals surface area contributed by atoms with Crippen LogP contribution in [-0.2, 0) is 16.4 Å². The van der Waals surface area contributed by atoms with E-state index in [9.17, 15) is 8.42 Å². The van der Waals surface area contributed by atoms with Gasteiger partial charge in [0.2, 0.25) is 10.0 Å². The highest BCUT2D eigenvalue weighted by Crippen LogP contribution is 2.10. The highest BCUT2D eigenvalue weighted by atomic mass is 32.2. The van der Waals surface area contributed by atoms with Crippen LogP contribution in [0.3, 0.4) is 0 Å². The summed E-state index contributed by atoms with van der Waals surface area (Å²) in [5, 5.41) is 8.69. The van der Waals surface area contributed by atoms with E-state index >= 15 is 0 Å². The molecular formula is C15H15N3O2S. The quantitative estimate of drug-likeness (QED) is 0.821.